The number of hydrogen-bond donors (Lipinski definition) is 1. The van der Waals surface area contributed by atoms with E-state index in [9.17, 15) is 18.0 Å². The first kappa shape index (κ1) is 9.05. The van der Waals surface area contributed by atoms with Crippen molar-refractivity contribution in [3.8, 4) is 0 Å². The number of carbonyl (C=O) groups is 1. The van der Waals surface area contributed by atoms with E-state index < -0.39 is 23.9 Å². The van der Waals surface area contributed by atoms with Gasteiger partial charge in [0, 0.05) is 13.1 Å². The van der Waals surface area contributed by atoms with E-state index in [1.165, 1.54) is 0 Å². The van der Waals surface area contributed by atoms with E-state index in [0.29, 0.717) is 11.0 Å². The van der Waals surface area contributed by atoms with Gasteiger partial charge in [-0.1, -0.05) is 0 Å². The first-order chi connectivity index (χ1) is 5.34. The Balaban J connectivity index is 2.95. The molecule has 12 heavy (non-hydrogen) atoms. The second kappa shape index (κ2) is 2.48. The summed E-state index contributed by atoms with van der Waals surface area (Å²) in [5.74, 6) is -0.838. The zero-order valence-corrected chi connectivity index (χ0v) is 6.09. The molecule has 68 valence electrons. The predicted molar refractivity (Wildman–Crippen MR) is 32.9 cm³/mol. The summed E-state index contributed by atoms with van der Waals surface area (Å²) in [5, 5.41) is 8.88. The highest BCUT2D eigenvalue weighted by atomic mass is 19.4. The van der Waals surface area contributed by atoms with Crippen LogP contribution in [0.4, 0.5) is 13.2 Å². The number of aliphatic hydroxyl groups is 1. The summed E-state index contributed by atoms with van der Waals surface area (Å²) in [6.45, 7) is 0. The van der Waals surface area contributed by atoms with Crippen LogP contribution in [0.25, 0.3) is 0 Å². The van der Waals surface area contributed by atoms with Crippen LogP contribution in [-0.2, 0) is 4.79 Å². The molecule has 0 spiro atoms. The minimum atomic E-state index is -4.64. The molecule has 1 heterocycles. The predicted octanol–water partition coefficient (Wildman–Crippen LogP) is 0.265. The van der Waals surface area contributed by atoms with E-state index >= 15 is 0 Å². The van der Waals surface area contributed by atoms with Gasteiger partial charge >= 0.3 is 6.18 Å². The second-order valence-corrected chi connectivity index (χ2v) is 2.42. The lowest BCUT2D eigenvalue weighted by Crippen LogP contribution is -2.34. The Morgan fingerprint density at radius 3 is 2.25 bits per heavy atom. The molecule has 1 N–H and O–H groups in total. The maximum absolute atomic E-state index is 12.0. The molecular weight excluding hydrogens is 175 g/mol. The van der Waals surface area contributed by atoms with Gasteiger partial charge in [0.2, 0.25) is 5.91 Å². The fourth-order valence-electron chi connectivity index (χ4n) is 0.867. The third-order valence-electron chi connectivity index (χ3n) is 1.60. The highest BCUT2D eigenvalue weighted by Gasteiger charge is 2.44. The minimum absolute atomic E-state index is 0.394. The van der Waals surface area contributed by atoms with Crippen molar-refractivity contribution in [2.45, 2.75) is 12.4 Å². The average Bonchev–Trinajstić information content (AvgIpc) is 2.15. The van der Waals surface area contributed by atoms with Crippen LogP contribution >= 0.6 is 0 Å². The van der Waals surface area contributed by atoms with Crippen LogP contribution in [0.3, 0.4) is 0 Å². The van der Waals surface area contributed by atoms with Gasteiger partial charge in [0.1, 0.15) is 0 Å². The Bertz CT molecular complexity index is 246. The number of carbonyl (C=O) groups excluding carboxylic acids is 1. The maximum Gasteiger partial charge on any atom is 0.417 e. The van der Waals surface area contributed by atoms with Crippen LogP contribution in [0, 0.1) is 0 Å². The third-order valence-corrected chi connectivity index (χ3v) is 1.60. The molecule has 0 aromatic heterocycles. The number of halogens is 3. The van der Waals surface area contributed by atoms with Gasteiger partial charge in [-0.25, -0.2) is 0 Å². The number of hydrogen-bond acceptors (Lipinski definition) is 2. The summed E-state index contributed by atoms with van der Waals surface area (Å²) in [4.78, 5) is 11.2. The molecule has 1 atom stereocenters. The molecule has 0 radical (unpaired) electrons. The zero-order valence-electron chi connectivity index (χ0n) is 6.09. The topological polar surface area (TPSA) is 40.5 Å². The zero-order chi connectivity index (χ0) is 9.52. The van der Waals surface area contributed by atoms with Crippen LogP contribution in [-0.4, -0.2) is 35.4 Å². The lowest BCUT2D eigenvalue weighted by Gasteiger charge is -2.18. The normalized spacial score (nSPS) is 24.8. The van der Waals surface area contributed by atoms with E-state index in [1.807, 2.05) is 0 Å². The number of aliphatic hydroxyl groups excluding tert-OH is 1. The number of nitrogens with zero attached hydrogens (tertiary/aromatic N) is 1. The van der Waals surface area contributed by atoms with Gasteiger partial charge in [-0.2, -0.15) is 13.2 Å². The molecule has 0 fully saturated rings. The van der Waals surface area contributed by atoms with Gasteiger partial charge in [-0.15, -0.1) is 0 Å². The Kier molecular flexibility index (Phi) is 1.87. The molecule has 6 heteroatoms. The first-order valence-electron chi connectivity index (χ1n) is 3.07. The number of amides is 1. The molecule has 0 aromatic carbocycles. The van der Waals surface area contributed by atoms with Gasteiger partial charge in [0.15, 0.2) is 6.23 Å². The van der Waals surface area contributed by atoms with Crippen molar-refractivity contribution < 1.29 is 23.1 Å². The lowest BCUT2D eigenvalue weighted by atomic mass is 10.2. The molecule has 0 saturated heterocycles. The summed E-state index contributed by atoms with van der Waals surface area (Å²) in [6.07, 6.45) is -6.11. The lowest BCUT2D eigenvalue weighted by molar-refractivity contribution is -0.133. The molecular formula is C6H6F3NO2. The summed E-state index contributed by atoms with van der Waals surface area (Å²) in [5.41, 5.74) is -1.21. The molecule has 0 aliphatic carbocycles. The average molecular weight is 181 g/mol. The quantitative estimate of drug-likeness (QED) is 0.582. The molecule has 1 unspecified atom stereocenters. The van der Waals surface area contributed by atoms with Crippen molar-refractivity contribution in [2.75, 3.05) is 7.05 Å². The molecule has 0 aromatic rings. The van der Waals surface area contributed by atoms with Crippen molar-refractivity contribution in [2.24, 2.45) is 0 Å². The van der Waals surface area contributed by atoms with Crippen molar-refractivity contribution in [3.05, 3.63) is 11.6 Å². The van der Waals surface area contributed by atoms with E-state index in [1.54, 1.807) is 0 Å². The van der Waals surface area contributed by atoms with Crippen molar-refractivity contribution in [1.29, 1.82) is 0 Å². The molecule has 1 amide bonds. The monoisotopic (exact) mass is 181 g/mol. The number of alkyl halides is 3. The van der Waals surface area contributed by atoms with E-state index in [-0.39, 0.29) is 0 Å². The highest BCUT2D eigenvalue weighted by molar-refractivity contribution is 5.91. The van der Waals surface area contributed by atoms with Crippen molar-refractivity contribution >= 4 is 5.91 Å². The smallest absolute Gasteiger partial charge is 0.369 e. The summed E-state index contributed by atoms with van der Waals surface area (Å²) in [7, 11) is 1.10. The summed E-state index contributed by atoms with van der Waals surface area (Å²) < 4.78 is 35.9. The molecule has 1 rings (SSSR count). The minimum Gasteiger partial charge on any atom is -0.369 e. The van der Waals surface area contributed by atoms with E-state index in [0.717, 1.165) is 7.05 Å². The van der Waals surface area contributed by atoms with Crippen LogP contribution in [0.1, 0.15) is 0 Å². The number of likely N-dealkylation sites (N-methyl/N-ethyl adjacent to an activating group) is 1. The number of rotatable bonds is 0. The summed E-state index contributed by atoms with van der Waals surface area (Å²) >= 11 is 0. The van der Waals surface area contributed by atoms with Gasteiger partial charge in [0.25, 0.3) is 0 Å². The van der Waals surface area contributed by atoms with Gasteiger partial charge < -0.3 is 10.0 Å². The van der Waals surface area contributed by atoms with Crippen molar-refractivity contribution in [1.82, 2.24) is 4.90 Å². The Labute approximate surface area is 66.1 Å². The largest absolute Gasteiger partial charge is 0.417 e. The van der Waals surface area contributed by atoms with Crippen LogP contribution in [0.5, 0.6) is 0 Å². The maximum atomic E-state index is 12.0. The van der Waals surface area contributed by atoms with Crippen LogP contribution < -0.4 is 0 Å². The molecule has 1 aliphatic heterocycles. The van der Waals surface area contributed by atoms with Crippen LogP contribution in [0.2, 0.25) is 0 Å². The fraction of sp³-hybridized carbons (Fsp3) is 0.500. The highest BCUT2D eigenvalue weighted by Crippen LogP contribution is 2.32. The standard InChI is InChI=1S/C6H6F3NO2/c1-10-4(11)2-3(5(10)12)6(7,8)9/h2,5,12H,1H3. The molecule has 0 bridgehead atoms. The van der Waals surface area contributed by atoms with Crippen molar-refractivity contribution in [3.63, 3.8) is 0 Å². The van der Waals surface area contributed by atoms with Crippen LogP contribution in [0.15, 0.2) is 11.6 Å². The first-order valence-corrected chi connectivity index (χ1v) is 3.07. The third kappa shape index (κ3) is 1.29. The molecule has 0 saturated carbocycles. The Morgan fingerprint density at radius 1 is 1.58 bits per heavy atom. The van der Waals surface area contributed by atoms with Gasteiger partial charge in [-0.3, -0.25) is 4.79 Å². The second-order valence-electron chi connectivity index (χ2n) is 2.42. The van der Waals surface area contributed by atoms with Gasteiger partial charge in [-0.05, 0) is 0 Å². The fourth-order valence-corrected chi connectivity index (χ4v) is 0.867. The Hall–Kier alpha value is -1.04. The van der Waals surface area contributed by atoms with E-state index in [4.69, 9.17) is 5.11 Å². The van der Waals surface area contributed by atoms with E-state index in [2.05, 4.69) is 0 Å². The SMILES string of the molecule is CN1C(=O)C=C(C(F)(F)F)C1O. The summed E-state index contributed by atoms with van der Waals surface area (Å²) in [6, 6.07) is 0. The van der Waals surface area contributed by atoms with Gasteiger partial charge in [0.05, 0.1) is 5.57 Å². The molecule has 3 nitrogen and oxygen atoms in total. The Morgan fingerprint density at radius 2 is 2.08 bits per heavy atom. The molecule has 1 aliphatic rings.